The van der Waals surface area contributed by atoms with E-state index in [1.54, 1.807) is 4.31 Å². The standard InChI is InChI=1S/C9H18N2O2S.ClH/c1-9(6-10)4-5-11(7-9)14(12,13)8-2-3-8;/h8H,2-7,10H2,1H3;1H. The van der Waals surface area contributed by atoms with Gasteiger partial charge in [-0.1, -0.05) is 6.92 Å². The minimum atomic E-state index is -2.97. The molecule has 0 aromatic rings. The topological polar surface area (TPSA) is 63.4 Å². The Morgan fingerprint density at radius 2 is 2.07 bits per heavy atom. The van der Waals surface area contributed by atoms with Crippen molar-refractivity contribution in [2.45, 2.75) is 31.4 Å². The molecule has 0 amide bonds. The second-order valence-corrected chi connectivity index (χ2v) is 7.06. The van der Waals surface area contributed by atoms with Crippen LogP contribution in [0.5, 0.6) is 0 Å². The van der Waals surface area contributed by atoms with Gasteiger partial charge in [-0.2, -0.15) is 0 Å². The highest BCUT2D eigenvalue weighted by Crippen LogP contribution is 2.37. The molecule has 1 aliphatic heterocycles. The number of nitrogens with two attached hydrogens (primary N) is 1. The van der Waals surface area contributed by atoms with Crippen molar-refractivity contribution in [3.05, 3.63) is 0 Å². The monoisotopic (exact) mass is 254 g/mol. The Morgan fingerprint density at radius 1 is 1.47 bits per heavy atom. The summed E-state index contributed by atoms with van der Waals surface area (Å²) in [7, 11) is -2.97. The van der Waals surface area contributed by atoms with E-state index in [0.29, 0.717) is 19.6 Å². The molecule has 2 rings (SSSR count). The van der Waals surface area contributed by atoms with Crippen LogP contribution in [0, 0.1) is 5.41 Å². The molecule has 0 radical (unpaired) electrons. The van der Waals surface area contributed by atoms with E-state index in [1.807, 2.05) is 0 Å². The average molecular weight is 255 g/mol. The number of rotatable bonds is 3. The number of halogens is 1. The number of sulfonamides is 1. The normalized spacial score (nSPS) is 32.7. The predicted octanol–water partition coefficient (Wildman–Crippen LogP) is 0.571. The zero-order chi connectivity index (χ0) is 10.4. The van der Waals surface area contributed by atoms with Crippen LogP contribution in [0.25, 0.3) is 0 Å². The third-order valence-electron chi connectivity index (χ3n) is 3.32. The Balaban J connectivity index is 0.00000112. The van der Waals surface area contributed by atoms with Crippen molar-refractivity contribution < 1.29 is 8.42 Å². The second kappa shape index (κ2) is 4.20. The first-order valence-electron chi connectivity index (χ1n) is 5.17. The average Bonchev–Trinajstić information content (AvgIpc) is 2.91. The van der Waals surface area contributed by atoms with E-state index in [0.717, 1.165) is 19.3 Å². The van der Waals surface area contributed by atoms with Gasteiger partial charge in [0.1, 0.15) is 0 Å². The van der Waals surface area contributed by atoms with Gasteiger partial charge in [0, 0.05) is 13.1 Å². The van der Waals surface area contributed by atoms with Crippen molar-refractivity contribution in [2.24, 2.45) is 11.1 Å². The van der Waals surface area contributed by atoms with Gasteiger partial charge in [-0.15, -0.1) is 12.4 Å². The summed E-state index contributed by atoms with van der Waals surface area (Å²) in [5.74, 6) is 0. The van der Waals surface area contributed by atoms with Crippen LogP contribution in [0.4, 0.5) is 0 Å². The van der Waals surface area contributed by atoms with E-state index in [1.165, 1.54) is 0 Å². The van der Waals surface area contributed by atoms with Gasteiger partial charge in [0.2, 0.25) is 10.0 Å². The maximum Gasteiger partial charge on any atom is 0.217 e. The van der Waals surface area contributed by atoms with Crippen LogP contribution in [0.2, 0.25) is 0 Å². The van der Waals surface area contributed by atoms with E-state index < -0.39 is 10.0 Å². The molecule has 0 aromatic heterocycles. The van der Waals surface area contributed by atoms with E-state index in [9.17, 15) is 8.42 Å². The van der Waals surface area contributed by atoms with Crippen molar-refractivity contribution in [1.82, 2.24) is 4.31 Å². The number of hydrogen-bond donors (Lipinski definition) is 1. The van der Waals surface area contributed by atoms with Crippen LogP contribution >= 0.6 is 12.4 Å². The molecule has 1 aliphatic carbocycles. The van der Waals surface area contributed by atoms with Crippen LogP contribution in [-0.2, 0) is 10.0 Å². The molecule has 6 heteroatoms. The van der Waals surface area contributed by atoms with E-state index >= 15 is 0 Å². The fraction of sp³-hybridized carbons (Fsp3) is 1.00. The van der Waals surface area contributed by atoms with E-state index in [2.05, 4.69) is 6.92 Å². The highest BCUT2D eigenvalue weighted by molar-refractivity contribution is 7.90. The minimum absolute atomic E-state index is 0. The molecular formula is C9H19ClN2O2S. The molecular weight excluding hydrogens is 236 g/mol. The Kier molecular flexibility index (Phi) is 3.70. The van der Waals surface area contributed by atoms with Gasteiger partial charge in [0.25, 0.3) is 0 Å². The molecule has 0 aromatic carbocycles. The van der Waals surface area contributed by atoms with Crippen LogP contribution < -0.4 is 5.73 Å². The summed E-state index contributed by atoms with van der Waals surface area (Å²) in [4.78, 5) is 0. The van der Waals surface area contributed by atoms with Crippen molar-refractivity contribution in [2.75, 3.05) is 19.6 Å². The SMILES string of the molecule is CC1(CN)CCN(S(=O)(=O)C2CC2)C1.Cl. The molecule has 15 heavy (non-hydrogen) atoms. The molecule has 1 heterocycles. The highest BCUT2D eigenvalue weighted by atomic mass is 35.5. The number of hydrogen-bond acceptors (Lipinski definition) is 3. The second-order valence-electron chi connectivity index (χ2n) is 4.84. The molecule has 1 atom stereocenters. The molecule has 1 saturated heterocycles. The van der Waals surface area contributed by atoms with Crippen LogP contribution in [0.15, 0.2) is 0 Å². The zero-order valence-corrected chi connectivity index (χ0v) is 10.6. The van der Waals surface area contributed by atoms with Gasteiger partial charge >= 0.3 is 0 Å². The third-order valence-corrected chi connectivity index (χ3v) is 5.67. The Labute approximate surface area is 97.7 Å². The van der Waals surface area contributed by atoms with Crippen molar-refractivity contribution in [3.63, 3.8) is 0 Å². The van der Waals surface area contributed by atoms with Crippen molar-refractivity contribution in [3.8, 4) is 0 Å². The predicted molar refractivity (Wildman–Crippen MR) is 62.5 cm³/mol. The van der Waals surface area contributed by atoms with Crippen LogP contribution in [0.3, 0.4) is 0 Å². The molecule has 0 spiro atoms. The molecule has 4 nitrogen and oxygen atoms in total. The quantitative estimate of drug-likeness (QED) is 0.801. The molecule has 2 N–H and O–H groups in total. The molecule has 1 unspecified atom stereocenters. The van der Waals surface area contributed by atoms with Crippen LogP contribution in [-0.4, -0.2) is 37.6 Å². The van der Waals surface area contributed by atoms with Gasteiger partial charge < -0.3 is 5.73 Å². The summed E-state index contributed by atoms with van der Waals surface area (Å²) < 4.78 is 25.4. The molecule has 2 fully saturated rings. The first kappa shape index (κ1) is 13.2. The molecule has 90 valence electrons. The maximum atomic E-state index is 11.9. The minimum Gasteiger partial charge on any atom is -0.330 e. The summed E-state index contributed by atoms with van der Waals surface area (Å²) in [6.07, 6.45) is 2.59. The fourth-order valence-corrected chi connectivity index (χ4v) is 3.93. The van der Waals surface area contributed by atoms with Crippen molar-refractivity contribution >= 4 is 22.4 Å². The lowest BCUT2D eigenvalue weighted by molar-refractivity contribution is 0.349. The Hall–Kier alpha value is 0.160. The fourth-order valence-electron chi connectivity index (χ4n) is 1.94. The summed E-state index contributed by atoms with van der Waals surface area (Å²) >= 11 is 0. The summed E-state index contributed by atoms with van der Waals surface area (Å²) in [5.41, 5.74) is 5.65. The van der Waals surface area contributed by atoms with E-state index in [-0.39, 0.29) is 23.1 Å². The molecule has 1 saturated carbocycles. The van der Waals surface area contributed by atoms with Crippen LogP contribution in [0.1, 0.15) is 26.2 Å². The van der Waals surface area contributed by atoms with Gasteiger partial charge in [-0.3, -0.25) is 0 Å². The Bertz CT molecular complexity index is 329. The van der Waals surface area contributed by atoms with E-state index in [4.69, 9.17) is 5.73 Å². The summed E-state index contributed by atoms with van der Waals surface area (Å²) in [6.45, 7) is 3.91. The van der Waals surface area contributed by atoms with Gasteiger partial charge in [0.15, 0.2) is 0 Å². The van der Waals surface area contributed by atoms with Crippen molar-refractivity contribution in [1.29, 1.82) is 0 Å². The highest BCUT2D eigenvalue weighted by Gasteiger charge is 2.45. The number of nitrogens with zero attached hydrogens (tertiary/aromatic N) is 1. The molecule has 0 bridgehead atoms. The maximum absolute atomic E-state index is 11.9. The Morgan fingerprint density at radius 3 is 2.47 bits per heavy atom. The lowest BCUT2D eigenvalue weighted by atomic mass is 9.90. The molecule has 2 aliphatic rings. The first-order valence-corrected chi connectivity index (χ1v) is 6.67. The smallest absolute Gasteiger partial charge is 0.217 e. The summed E-state index contributed by atoms with van der Waals surface area (Å²) in [6, 6.07) is 0. The zero-order valence-electron chi connectivity index (χ0n) is 8.98. The largest absolute Gasteiger partial charge is 0.330 e. The first-order chi connectivity index (χ1) is 6.48. The third kappa shape index (κ3) is 2.46. The summed E-state index contributed by atoms with van der Waals surface area (Å²) in [5, 5.41) is -0.0809. The van der Waals surface area contributed by atoms with Gasteiger partial charge in [-0.05, 0) is 31.2 Å². The lowest BCUT2D eigenvalue weighted by Gasteiger charge is -2.22. The lowest BCUT2D eigenvalue weighted by Crippen LogP contribution is -2.36. The van der Waals surface area contributed by atoms with Gasteiger partial charge in [0.05, 0.1) is 5.25 Å². The van der Waals surface area contributed by atoms with Gasteiger partial charge in [-0.25, -0.2) is 12.7 Å².